The van der Waals surface area contributed by atoms with Crippen molar-refractivity contribution >= 4 is 17.2 Å². The Hall–Kier alpha value is -2.76. The molecule has 5 nitrogen and oxygen atoms in total. The standard InChI is InChI=1S/C15H13FN4O/c1-9-3-5-13(21)12(7-9)18-19-15-10(2)17-14-6-4-11(16)8-20(14)15/h3-8,21H,1-2H3. The van der Waals surface area contributed by atoms with Gasteiger partial charge in [0.15, 0.2) is 5.82 Å². The fourth-order valence-corrected chi connectivity index (χ4v) is 2.06. The van der Waals surface area contributed by atoms with Gasteiger partial charge in [0, 0.05) is 6.20 Å². The zero-order valence-electron chi connectivity index (χ0n) is 11.6. The summed E-state index contributed by atoms with van der Waals surface area (Å²) in [5.74, 6) is 0.0992. The second kappa shape index (κ2) is 4.97. The van der Waals surface area contributed by atoms with Gasteiger partial charge in [0.2, 0.25) is 0 Å². The molecule has 0 radical (unpaired) electrons. The molecule has 6 heteroatoms. The first kappa shape index (κ1) is 13.2. The first-order chi connectivity index (χ1) is 10.0. The SMILES string of the molecule is Cc1ccc(O)c(N=Nc2c(C)nc3ccc(F)cn23)c1. The van der Waals surface area contributed by atoms with Crippen LogP contribution in [-0.4, -0.2) is 14.5 Å². The monoisotopic (exact) mass is 284 g/mol. The van der Waals surface area contributed by atoms with Gasteiger partial charge in [-0.05, 0) is 43.7 Å². The first-order valence-corrected chi connectivity index (χ1v) is 6.40. The third-order valence-electron chi connectivity index (χ3n) is 3.11. The third kappa shape index (κ3) is 2.47. The molecule has 3 aromatic rings. The van der Waals surface area contributed by atoms with E-state index >= 15 is 0 Å². The number of rotatable bonds is 2. The van der Waals surface area contributed by atoms with E-state index in [-0.39, 0.29) is 11.6 Å². The topological polar surface area (TPSA) is 62.2 Å². The Morgan fingerprint density at radius 2 is 1.95 bits per heavy atom. The molecule has 0 aliphatic heterocycles. The van der Waals surface area contributed by atoms with Gasteiger partial charge in [-0.15, -0.1) is 10.2 Å². The van der Waals surface area contributed by atoms with Gasteiger partial charge in [-0.25, -0.2) is 9.37 Å². The van der Waals surface area contributed by atoms with Crippen molar-refractivity contribution in [1.82, 2.24) is 9.38 Å². The van der Waals surface area contributed by atoms with Crippen LogP contribution >= 0.6 is 0 Å². The van der Waals surface area contributed by atoms with Gasteiger partial charge in [0.05, 0.1) is 5.69 Å². The first-order valence-electron chi connectivity index (χ1n) is 6.40. The number of aryl methyl sites for hydroxylation is 2. The van der Waals surface area contributed by atoms with Crippen molar-refractivity contribution in [3.8, 4) is 5.75 Å². The number of pyridine rings is 1. The van der Waals surface area contributed by atoms with E-state index in [1.807, 2.05) is 6.92 Å². The highest BCUT2D eigenvalue weighted by atomic mass is 19.1. The predicted molar refractivity (Wildman–Crippen MR) is 76.9 cm³/mol. The Bertz CT molecular complexity index is 854. The van der Waals surface area contributed by atoms with Crippen LogP contribution in [0.4, 0.5) is 15.9 Å². The van der Waals surface area contributed by atoms with E-state index < -0.39 is 0 Å². The summed E-state index contributed by atoms with van der Waals surface area (Å²) >= 11 is 0. The molecule has 0 amide bonds. The lowest BCUT2D eigenvalue weighted by Crippen LogP contribution is -1.85. The number of phenols is 1. The van der Waals surface area contributed by atoms with Gasteiger partial charge in [-0.2, -0.15) is 0 Å². The van der Waals surface area contributed by atoms with Crippen LogP contribution in [0.2, 0.25) is 0 Å². The van der Waals surface area contributed by atoms with E-state index in [1.54, 1.807) is 31.2 Å². The number of azo groups is 1. The number of nitrogens with zero attached hydrogens (tertiary/aromatic N) is 4. The molecule has 0 spiro atoms. The second-order valence-corrected chi connectivity index (χ2v) is 4.79. The fourth-order valence-electron chi connectivity index (χ4n) is 2.06. The molecule has 106 valence electrons. The molecule has 0 aliphatic rings. The molecular weight excluding hydrogens is 271 g/mol. The minimum absolute atomic E-state index is 0.0435. The van der Waals surface area contributed by atoms with Crippen LogP contribution in [0, 0.1) is 19.7 Å². The molecule has 0 fully saturated rings. The van der Waals surface area contributed by atoms with Gasteiger partial charge in [0.1, 0.15) is 22.9 Å². The molecule has 0 bridgehead atoms. The lowest BCUT2D eigenvalue weighted by Gasteiger charge is -2.00. The zero-order chi connectivity index (χ0) is 15.0. The van der Waals surface area contributed by atoms with Crippen LogP contribution < -0.4 is 0 Å². The summed E-state index contributed by atoms with van der Waals surface area (Å²) in [5, 5.41) is 17.9. The number of aromatic nitrogens is 2. The number of halogens is 1. The summed E-state index contributed by atoms with van der Waals surface area (Å²) in [7, 11) is 0. The van der Waals surface area contributed by atoms with Gasteiger partial charge < -0.3 is 5.11 Å². The maximum Gasteiger partial charge on any atom is 0.182 e. The molecule has 2 heterocycles. The minimum atomic E-state index is -0.380. The third-order valence-corrected chi connectivity index (χ3v) is 3.11. The quantitative estimate of drug-likeness (QED) is 0.716. The summed E-state index contributed by atoms with van der Waals surface area (Å²) in [6.07, 6.45) is 1.31. The Labute approximate surface area is 120 Å². The van der Waals surface area contributed by atoms with Crippen molar-refractivity contribution in [3.05, 3.63) is 53.6 Å². The van der Waals surface area contributed by atoms with E-state index in [1.165, 1.54) is 16.7 Å². The summed E-state index contributed by atoms with van der Waals surface area (Å²) < 4.78 is 14.9. The molecule has 1 N–H and O–H groups in total. The maximum atomic E-state index is 13.3. The Morgan fingerprint density at radius 3 is 2.76 bits per heavy atom. The molecule has 0 aliphatic carbocycles. The van der Waals surface area contributed by atoms with Crippen molar-refractivity contribution in [2.75, 3.05) is 0 Å². The van der Waals surface area contributed by atoms with Crippen LogP contribution in [0.15, 0.2) is 46.8 Å². The Morgan fingerprint density at radius 1 is 1.14 bits per heavy atom. The van der Waals surface area contributed by atoms with Crippen molar-refractivity contribution in [3.63, 3.8) is 0 Å². The highest BCUT2D eigenvalue weighted by molar-refractivity contribution is 5.54. The van der Waals surface area contributed by atoms with Gasteiger partial charge >= 0.3 is 0 Å². The average molecular weight is 284 g/mol. The number of phenolic OH excluding ortho intramolecular Hbond substituents is 1. The molecular formula is C15H13FN4O. The van der Waals surface area contributed by atoms with Crippen LogP contribution in [0.3, 0.4) is 0 Å². The van der Waals surface area contributed by atoms with E-state index in [2.05, 4.69) is 15.2 Å². The summed E-state index contributed by atoms with van der Waals surface area (Å²) in [6.45, 7) is 3.67. The number of imidazole rings is 1. The summed E-state index contributed by atoms with van der Waals surface area (Å²) in [4.78, 5) is 4.29. The lowest BCUT2D eigenvalue weighted by atomic mass is 10.2. The number of aromatic hydroxyl groups is 1. The average Bonchev–Trinajstić information content (AvgIpc) is 2.75. The van der Waals surface area contributed by atoms with Gasteiger partial charge in [-0.1, -0.05) is 6.07 Å². The summed E-state index contributed by atoms with van der Waals surface area (Å²) in [6, 6.07) is 7.98. The molecule has 0 saturated heterocycles. The van der Waals surface area contributed by atoms with Crippen LogP contribution in [-0.2, 0) is 0 Å². The van der Waals surface area contributed by atoms with Gasteiger partial charge in [0.25, 0.3) is 0 Å². The van der Waals surface area contributed by atoms with Crippen molar-refractivity contribution < 1.29 is 9.50 Å². The molecule has 2 aromatic heterocycles. The molecule has 0 unspecified atom stereocenters. The number of hydrogen-bond donors (Lipinski definition) is 1. The van der Waals surface area contributed by atoms with Gasteiger partial charge in [-0.3, -0.25) is 4.40 Å². The maximum absolute atomic E-state index is 13.3. The van der Waals surface area contributed by atoms with Crippen molar-refractivity contribution in [2.24, 2.45) is 10.2 Å². The normalized spacial score (nSPS) is 11.6. The van der Waals surface area contributed by atoms with Crippen molar-refractivity contribution in [2.45, 2.75) is 13.8 Å². The van der Waals surface area contributed by atoms with Crippen LogP contribution in [0.25, 0.3) is 5.65 Å². The number of benzene rings is 1. The molecule has 0 atom stereocenters. The van der Waals surface area contributed by atoms with Crippen LogP contribution in [0.5, 0.6) is 5.75 Å². The Balaban J connectivity index is 2.09. The highest BCUT2D eigenvalue weighted by Gasteiger charge is 2.09. The predicted octanol–water partition coefficient (Wildman–Crippen LogP) is 4.21. The van der Waals surface area contributed by atoms with Crippen LogP contribution in [0.1, 0.15) is 11.3 Å². The highest BCUT2D eigenvalue weighted by Crippen LogP contribution is 2.30. The largest absolute Gasteiger partial charge is 0.506 e. The van der Waals surface area contributed by atoms with E-state index in [9.17, 15) is 9.50 Å². The number of fused-ring (bicyclic) bond motifs is 1. The smallest absolute Gasteiger partial charge is 0.182 e. The number of hydrogen-bond acceptors (Lipinski definition) is 4. The molecule has 3 rings (SSSR count). The van der Waals surface area contributed by atoms with E-state index in [0.29, 0.717) is 22.8 Å². The minimum Gasteiger partial charge on any atom is -0.506 e. The fraction of sp³-hybridized carbons (Fsp3) is 0.133. The van der Waals surface area contributed by atoms with Crippen molar-refractivity contribution in [1.29, 1.82) is 0 Å². The lowest BCUT2D eigenvalue weighted by molar-refractivity contribution is 0.476. The second-order valence-electron chi connectivity index (χ2n) is 4.79. The Kier molecular flexibility index (Phi) is 3.13. The molecule has 1 aromatic carbocycles. The summed E-state index contributed by atoms with van der Waals surface area (Å²) in [5.41, 5.74) is 2.55. The van der Waals surface area contributed by atoms with E-state index in [4.69, 9.17) is 0 Å². The zero-order valence-corrected chi connectivity index (χ0v) is 11.6. The molecule has 0 saturated carbocycles. The van der Waals surface area contributed by atoms with E-state index in [0.717, 1.165) is 5.56 Å². The molecule has 21 heavy (non-hydrogen) atoms.